The van der Waals surface area contributed by atoms with Crippen LogP contribution in [0, 0.1) is 5.92 Å². The van der Waals surface area contributed by atoms with E-state index in [4.69, 9.17) is 0 Å². The fourth-order valence-corrected chi connectivity index (χ4v) is 1.66. The molecule has 2 rings (SSSR count). The van der Waals surface area contributed by atoms with Crippen LogP contribution < -0.4 is 0 Å². The Morgan fingerprint density at radius 3 is 2.93 bits per heavy atom. The van der Waals surface area contributed by atoms with Crippen LogP contribution in [0.1, 0.15) is 19.4 Å². The molecule has 0 saturated heterocycles. The highest BCUT2D eigenvalue weighted by atomic mass is 14.7. The fourth-order valence-electron chi connectivity index (χ4n) is 1.66. The molecule has 2 heterocycles. The van der Waals surface area contributed by atoms with E-state index in [-0.39, 0.29) is 0 Å². The van der Waals surface area contributed by atoms with E-state index in [1.54, 1.807) is 0 Å². The third-order valence-corrected chi connectivity index (χ3v) is 2.24. The summed E-state index contributed by atoms with van der Waals surface area (Å²) in [5, 5.41) is 1.23. The Labute approximate surface area is 84.0 Å². The maximum atomic E-state index is 4.29. The molecule has 14 heavy (non-hydrogen) atoms. The van der Waals surface area contributed by atoms with Gasteiger partial charge >= 0.3 is 0 Å². The summed E-state index contributed by atoms with van der Waals surface area (Å²) in [5.41, 5.74) is 2.29. The zero-order valence-electron chi connectivity index (χ0n) is 8.57. The van der Waals surface area contributed by atoms with E-state index in [1.165, 1.54) is 10.9 Å². The summed E-state index contributed by atoms with van der Waals surface area (Å²) in [4.78, 5) is 8.49. The van der Waals surface area contributed by atoms with Crippen molar-refractivity contribution in [2.45, 2.75) is 20.3 Å². The first-order valence-corrected chi connectivity index (χ1v) is 4.95. The first kappa shape index (κ1) is 9.13. The molecule has 0 aliphatic heterocycles. The van der Waals surface area contributed by atoms with Crippen LogP contribution in [-0.2, 0) is 6.42 Å². The van der Waals surface area contributed by atoms with E-state index in [9.17, 15) is 0 Å². The average Bonchev–Trinajstić information content (AvgIpc) is 2.18. The number of fused-ring (bicyclic) bond motifs is 1. The van der Waals surface area contributed by atoms with Crippen molar-refractivity contribution in [3.63, 3.8) is 0 Å². The van der Waals surface area contributed by atoms with Crippen LogP contribution in [0.4, 0.5) is 0 Å². The topological polar surface area (TPSA) is 25.8 Å². The molecular formula is C12H14N2. The van der Waals surface area contributed by atoms with E-state index in [0.29, 0.717) is 5.92 Å². The third-order valence-electron chi connectivity index (χ3n) is 2.24. The van der Waals surface area contributed by atoms with Crippen molar-refractivity contribution in [2.24, 2.45) is 5.92 Å². The number of hydrogen-bond donors (Lipinski definition) is 0. The minimum absolute atomic E-state index is 0.655. The van der Waals surface area contributed by atoms with Crippen LogP contribution >= 0.6 is 0 Å². The van der Waals surface area contributed by atoms with Gasteiger partial charge in [-0.2, -0.15) is 0 Å². The van der Waals surface area contributed by atoms with Crippen LogP contribution in [-0.4, -0.2) is 9.97 Å². The first-order chi connectivity index (χ1) is 6.77. The van der Waals surface area contributed by atoms with Gasteiger partial charge in [-0.25, -0.2) is 0 Å². The largest absolute Gasteiger partial charge is 0.262 e. The number of nitrogens with zero attached hydrogens (tertiary/aromatic N) is 2. The van der Waals surface area contributed by atoms with E-state index >= 15 is 0 Å². The SMILES string of the molecule is CC(C)Cc1cncc2ncccc12. The maximum absolute atomic E-state index is 4.29. The molecule has 0 saturated carbocycles. The normalized spacial score (nSPS) is 11.1. The van der Waals surface area contributed by atoms with Crippen molar-refractivity contribution in [3.8, 4) is 0 Å². The molecule has 0 amide bonds. The molecule has 0 unspecified atom stereocenters. The highest BCUT2D eigenvalue weighted by molar-refractivity contribution is 5.80. The fraction of sp³-hybridized carbons (Fsp3) is 0.333. The predicted molar refractivity (Wildman–Crippen MR) is 58.1 cm³/mol. The number of aromatic nitrogens is 2. The second-order valence-corrected chi connectivity index (χ2v) is 3.97. The Balaban J connectivity index is 2.53. The predicted octanol–water partition coefficient (Wildman–Crippen LogP) is 2.83. The van der Waals surface area contributed by atoms with Gasteiger partial charge in [-0.1, -0.05) is 19.9 Å². The van der Waals surface area contributed by atoms with Crippen molar-refractivity contribution < 1.29 is 0 Å². The molecule has 72 valence electrons. The quantitative estimate of drug-likeness (QED) is 0.720. The minimum atomic E-state index is 0.655. The van der Waals surface area contributed by atoms with Gasteiger partial charge in [-0.3, -0.25) is 9.97 Å². The van der Waals surface area contributed by atoms with Crippen molar-refractivity contribution in [2.75, 3.05) is 0 Å². The molecule has 2 nitrogen and oxygen atoms in total. The Bertz CT molecular complexity index is 430. The lowest BCUT2D eigenvalue weighted by atomic mass is 10.0. The van der Waals surface area contributed by atoms with Crippen LogP contribution in [0.3, 0.4) is 0 Å². The summed E-state index contributed by atoms with van der Waals surface area (Å²) < 4.78 is 0. The molecule has 0 aliphatic rings. The molecule has 0 radical (unpaired) electrons. The Morgan fingerprint density at radius 2 is 2.14 bits per heavy atom. The van der Waals surface area contributed by atoms with Gasteiger partial charge in [0.2, 0.25) is 0 Å². The minimum Gasteiger partial charge on any atom is -0.262 e. The zero-order valence-corrected chi connectivity index (χ0v) is 8.57. The van der Waals surface area contributed by atoms with Gasteiger partial charge in [0, 0.05) is 17.8 Å². The lowest BCUT2D eigenvalue weighted by Gasteiger charge is -2.07. The average molecular weight is 186 g/mol. The zero-order chi connectivity index (χ0) is 9.97. The second kappa shape index (κ2) is 3.74. The lowest BCUT2D eigenvalue weighted by Crippen LogP contribution is -1.96. The summed E-state index contributed by atoms with van der Waals surface area (Å²) in [5.74, 6) is 0.655. The van der Waals surface area contributed by atoms with Gasteiger partial charge < -0.3 is 0 Å². The summed E-state index contributed by atoms with van der Waals surface area (Å²) in [6.45, 7) is 4.43. The summed E-state index contributed by atoms with van der Waals surface area (Å²) in [6.07, 6.45) is 6.64. The van der Waals surface area contributed by atoms with Gasteiger partial charge in [-0.15, -0.1) is 0 Å². The van der Waals surface area contributed by atoms with Gasteiger partial charge in [-0.05, 0) is 24.0 Å². The molecule has 0 aromatic carbocycles. The molecule has 0 N–H and O–H groups in total. The number of rotatable bonds is 2. The van der Waals surface area contributed by atoms with E-state index in [0.717, 1.165) is 11.9 Å². The summed E-state index contributed by atoms with van der Waals surface area (Å²) in [6, 6.07) is 4.09. The third kappa shape index (κ3) is 1.74. The monoisotopic (exact) mass is 186 g/mol. The van der Waals surface area contributed by atoms with Crippen LogP contribution in [0.2, 0.25) is 0 Å². The maximum Gasteiger partial charge on any atom is 0.0887 e. The van der Waals surface area contributed by atoms with E-state index in [2.05, 4.69) is 29.9 Å². The second-order valence-electron chi connectivity index (χ2n) is 3.97. The first-order valence-electron chi connectivity index (χ1n) is 4.95. The van der Waals surface area contributed by atoms with Crippen molar-refractivity contribution in [3.05, 3.63) is 36.3 Å². The molecule has 0 bridgehead atoms. The molecule has 0 aliphatic carbocycles. The number of pyridine rings is 2. The highest BCUT2D eigenvalue weighted by Crippen LogP contribution is 2.17. The van der Waals surface area contributed by atoms with Gasteiger partial charge in [0.1, 0.15) is 0 Å². The molecule has 2 heteroatoms. The van der Waals surface area contributed by atoms with Gasteiger partial charge in [0.25, 0.3) is 0 Å². The van der Waals surface area contributed by atoms with Crippen molar-refractivity contribution in [1.82, 2.24) is 9.97 Å². The highest BCUT2D eigenvalue weighted by Gasteiger charge is 2.03. The summed E-state index contributed by atoms with van der Waals surface area (Å²) >= 11 is 0. The Morgan fingerprint density at radius 1 is 1.29 bits per heavy atom. The molecule has 2 aromatic rings. The number of hydrogen-bond acceptors (Lipinski definition) is 2. The Hall–Kier alpha value is -1.44. The van der Waals surface area contributed by atoms with Gasteiger partial charge in [0.15, 0.2) is 0 Å². The standard InChI is InChI=1S/C12H14N2/c1-9(2)6-10-7-13-8-12-11(10)4-3-5-14-12/h3-5,7-9H,6H2,1-2H3. The molecular weight excluding hydrogens is 172 g/mol. The van der Waals surface area contributed by atoms with Crippen LogP contribution in [0.25, 0.3) is 10.9 Å². The van der Waals surface area contributed by atoms with Crippen molar-refractivity contribution in [1.29, 1.82) is 0 Å². The van der Waals surface area contributed by atoms with Crippen LogP contribution in [0.5, 0.6) is 0 Å². The Kier molecular flexibility index (Phi) is 2.44. The summed E-state index contributed by atoms with van der Waals surface area (Å²) in [7, 11) is 0. The molecule has 0 spiro atoms. The van der Waals surface area contributed by atoms with Crippen molar-refractivity contribution >= 4 is 10.9 Å². The van der Waals surface area contributed by atoms with Crippen LogP contribution in [0.15, 0.2) is 30.7 Å². The smallest absolute Gasteiger partial charge is 0.0887 e. The molecule has 0 atom stereocenters. The van der Waals surface area contributed by atoms with Gasteiger partial charge in [0.05, 0.1) is 11.7 Å². The lowest BCUT2D eigenvalue weighted by molar-refractivity contribution is 0.648. The van der Waals surface area contributed by atoms with E-state index < -0.39 is 0 Å². The van der Waals surface area contributed by atoms with E-state index in [1.807, 2.05) is 24.7 Å². The molecule has 0 fully saturated rings. The molecule has 2 aromatic heterocycles.